The molecule has 1 aliphatic rings. The fourth-order valence-electron chi connectivity index (χ4n) is 2.44. The van der Waals surface area contributed by atoms with E-state index in [9.17, 15) is 0 Å². The molecule has 0 aromatic heterocycles. The van der Waals surface area contributed by atoms with E-state index in [4.69, 9.17) is 4.74 Å². The van der Waals surface area contributed by atoms with Crippen LogP contribution in [0.25, 0.3) is 0 Å². The minimum absolute atomic E-state index is 0.218. The minimum atomic E-state index is 0.218. The number of benzene rings is 1. The summed E-state index contributed by atoms with van der Waals surface area (Å²) in [6, 6.07) is 6.50. The van der Waals surface area contributed by atoms with Gasteiger partial charge in [-0.05, 0) is 85.7 Å². The SMILES string of the molecule is CC(C)Oc1cc(CC2CCNCC2)ccc1Br. The first kappa shape index (κ1) is 13.9. The Morgan fingerprint density at radius 2 is 2.06 bits per heavy atom. The summed E-state index contributed by atoms with van der Waals surface area (Å²) < 4.78 is 6.86. The van der Waals surface area contributed by atoms with E-state index >= 15 is 0 Å². The summed E-state index contributed by atoms with van der Waals surface area (Å²) in [6.45, 7) is 6.45. The normalized spacial score (nSPS) is 17.1. The zero-order valence-electron chi connectivity index (χ0n) is 11.2. The second-order valence-electron chi connectivity index (χ2n) is 5.33. The smallest absolute Gasteiger partial charge is 0.134 e. The van der Waals surface area contributed by atoms with Gasteiger partial charge in [0.2, 0.25) is 0 Å². The van der Waals surface area contributed by atoms with Crippen LogP contribution in [0.5, 0.6) is 5.75 Å². The molecule has 0 spiro atoms. The van der Waals surface area contributed by atoms with E-state index in [-0.39, 0.29) is 6.10 Å². The van der Waals surface area contributed by atoms with E-state index in [1.807, 2.05) is 0 Å². The molecule has 0 aliphatic carbocycles. The lowest BCUT2D eigenvalue weighted by Gasteiger charge is -2.23. The molecule has 1 heterocycles. The molecule has 2 nitrogen and oxygen atoms in total. The topological polar surface area (TPSA) is 21.3 Å². The second-order valence-corrected chi connectivity index (χ2v) is 6.18. The first-order chi connectivity index (χ1) is 8.65. The fraction of sp³-hybridized carbons (Fsp3) is 0.600. The highest BCUT2D eigenvalue weighted by Crippen LogP contribution is 2.29. The average molecular weight is 312 g/mol. The highest BCUT2D eigenvalue weighted by atomic mass is 79.9. The van der Waals surface area contributed by atoms with Crippen molar-refractivity contribution in [3.05, 3.63) is 28.2 Å². The van der Waals surface area contributed by atoms with Crippen molar-refractivity contribution in [2.45, 2.75) is 39.2 Å². The van der Waals surface area contributed by atoms with Crippen LogP contribution in [-0.2, 0) is 6.42 Å². The number of ether oxygens (including phenoxy) is 1. The molecule has 0 bridgehead atoms. The van der Waals surface area contributed by atoms with Crippen molar-refractivity contribution in [1.82, 2.24) is 5.32 Å². The van der Waals surface area contributed by atoms with Crippen LogP contribution >= 0.6 is 15.9 Å². The average Bonchev–Trinajstić information content (AvgIpc) is 2.34. The van der Waals surface area contributed by atoms with Gasteiger partial charge in [-0.15, -0.1) is 0 Å². The molecule has 0 radical (unpaired) electrons. The molecule has 1 fully saturated rings. The van der Waals surface area contributed by atoms with E-state index in [0.29, 0.717) is 0 Å². The largest absolute Gasteiger partial charge is 0.490 e. The Morgan fingerprint density at radius 3 is 2.72 bits per heavy atom. The third-order valence-electron chi connectivity index (χ3n) is 3.34. The number of hydrogen-bond acceptors (Lipinski definition) is 2. The monoisotopic (exact) mass is 311 g/mol. The summed E-state index contributed by atoms with van der Waals surface area (Å²) in [5.74, 6) is 1.79. The van der Waals surface area contributed by atoms with Crippen LogP contribution in [0.4, 0.5) is 0 Å². The first-order valence-electron chi connectivity index (χ1n) is 6.81. The van der Waals surface area contributed by atoms with Crippen LogP contribution in [-0.4, -0.2) is 19.2 Å². The van der Waals surface area contributed by atoms with Crippen LogP contribution in [0.15, 0.2) is 22.7 Å². The fourth-order valence-corrected chi connectivity index (χ4v) is 2.78. The summed E-state index contributed by atoms with van der Waals surface area (Å²) in [5, 5.41) is 3.41. The lowest BCUT2D eigenvalue weighted by Crippen LogP contribution is -2.28. The van der Waals surface area contributed by atoms with E-state index in [1.54, 1.807) is 0 Å². The maximum Gasteiger partial charge on any atom is 0.134 e. The van der Waals surface area contributed by atoms with Gasteiger partial charge < -0.3 is 10.1 Å². The van der Waals surface area contributed by atoms with Crippen molar-refractivity contribution >= 4 is 15.9 Å². The molecular formula is C15H22BrNO. The molecule has 3 heteroatoms. The predicted octanol–water partition coefficient (Wildman–Crippen LogP) is 3.78. The Bertz CT molecular complexity index is 386. The van der Waals surface area contributed by atoms with Crippen molar-refractivity contribution < 1.29 is 4.74 Å². The van der Waals surface area contributed by atoms with Gasteiger partial charge in [-0.3, -0.25) is 0 Å². The van der Waals surface area contributed by atoms with Gasteiger partial charge in [0.1, 0.15) is 5.75 Å². The van der Waals surface area contributed by atoms with Gasteiger partial charge >= 0.3 is 0 Å². The second kappa shape index (κ2) is 6.58. The third kappa shape index (κ3) is 3.99. The van der Waals surface area contributed by atoms with Crippen LogP contribution in [0.2, 0.25) is 0 Å². The number of nitrogens with one attached hydrogen (secondary N) is 1. The molecule has 18 heavy (non-hydrogen) atoms. The molecular weight excluding hydrogens is 290 g/mol. The molecule has 2 rings (SSSR count). The van der Waals surface area contributed by atoms with Crippen molar-refractivity contribution in [3.63, 3.8) is 0 Å². The van der Waals surface area contributed by atoms with E-state index in [0.717, 1.165) is 29.2 Å². The van der Waals surface area contributed by atoms with Gasteiger partial charge in [0, 0.05) is 0 Å². The lowest BCUT2D eigenvalue weighted by molar-refractivity contribution is 0.240. The van der Waals surface area contributed by atoms with Gasteiger partial charge in [0.15, 0.2) is 0 Å². The van der Waals surface area contributed by atoms with Crippen molar-refractivity contribution in [3.8, 4) is 5.75 Å². The van der Waals surface area contributed by atoms with Crippen LogP contribution in [0.1, 0.15) is 32.3 Å². The van der Waals surface area contributed by atoms with Gasteiger partial charge in [-0.25, -0.2) is 0 Å². The highest BCUT2D eigenvalue weighted by molar-refractivity contribution is 9.10. The summed E-state index contributed by atoms with van der Waals surface area (Å²) in [7, 11) is 0. The maximum absolute atomic E-state index is 5.82. The molecule has 0 amide bonds. The number of rotatable bonds is 4. The van der Waals surface area contributed by atoms with Gasteiger partial charge in [0.05, 0.1) is 10.6 Å². The van der Waals surface area contributed by atoms with E-state index < -0.39 is 0 Å². The third-order valence-corrected chi connectivity index (χ3v) is 4.00. The van der Waals surface area contributed by atoms with Gasteiger partial charge in [0.25, 0.3) is 0 Å². The summed E-state index contributed by atoms with van der Waals surface area (Å²) in [4.78, 5) is 0. The first-order valence-corrected chi connectivity index (χ1v) is 7.60. The minimum Gasteiger partial charge on any atom is -0.490 e. The maximum atomic E-state index is 5.82. The molecule has 0 saturated carbocycles. The standard InChI is InChI=1S/C15H22BrNO/c1-11(2)18-15-10-13(3-4-14(15)16)9-12-5-7-17-8-6-12/h3-4,10-12,17H,5-9H2,1-2H3. The Hall–Kier alpha value is -0.540. The van der Waals surface area contributed by atoms with Crippen molar-refractivity contribution in [2.75, 3.05) is 13.1 Å². The molecule has 1 N–H and O–H groups in total. The molecule has 0 atom stereocenters. The van der Waals surface area contributed by atoms with Gasteiger partial charge in [-0.2, -0.15) is 0 Å². The van der Waals surface area contributed by atoms with Crippen molar-refractivity contribution in [1.29, 1.82) is 0 Å². The Morgan fingerprint density at radius 1 is 1.33 bits per heavy atom. The van der Waals surface area contributed by atoms with Crippen LogP contribution < -0.4 is 10.1 Å². The molecule has 100 valence electrons. The number of hydrogen-bond donors (Lipinski definition) is 1. The zero-order chi connectivity index (χ0) is 13.0. The zero-order valence-corrected chi connectivity index (χ0v) is 12.8. The van der Waals surface area contributed by atoms with E-state index in [2.05, 4.69) is 53.3 Å². The number of piperidine rings is 1. The lowest BCUT2D eigenvalue weighted by atomic mass is 9.91. The van der Waals surface area contributed by atoms with Crippen molar-refractivity contribution in [2.24, 2.45) is 5.92 Å². The Kier molecular flexibility index (Phi) is 5.07. The van der Waals surface area contributed by atoms with Crippen LogP contribution in [0.3, 0.4) is 0 Å². The molecule has 1 aromatic rings. The predicted molar refractivity (Wildman–Crippen MR) is 79.2 cm³/mol. The number of halogens is 1. The molecule has 0 unspecified atom stereocenters. The Balaban J connectivity index is 2.03. The molecule has 1 aromatic carbocycles. The molecule has 1 saturated heterocycles. The van der Waals surface area contributed by atoms with E-state index in [1.165, 1.54) is 24.8 Å². The quantitative estimate of drug-likeness (QED) is 0.913. The van der Waals surface area contributed by atoms with Gasteiger partial charge in [-0.1, -0.05) is 6.07 Å². The summed E-state index contributed by atoms with van der Waals surface area (Å²) in [5.41, 5.74) is 1.39. The molecule has 1 aliphatic heterocycles. The van der Waals surface area contributed by atoms with Crippen LogP contribution in [0, 0.1) is 5.92 Å². The highest BCUT2D eigenvalue weighted by Gasteiger charge is 2.14. The Labute approximate surface area is 118 Å². The summed E-state index contributed by atoms with van der Waals surface area (Å²) in [6.07, 6.45) is 3.96. The summed E-state index contributed by atoms with van der Waals surface area (Å²) >= 11 is 3.55.